The Balaban J connectivity index is 0.00000243. The molecule has 2 atom stereocenters. The van der Waals surface area contributed by atoms with Gasteiger partial charge in [-0.1, -0.05) is 42.5 Å². The maximum atomic E-state index is 5.19. The van der Waals surface area contributed by atoms with Gasteiger partial charge in [0, 0.05) is 25.0 Å². The van der Waals surface area contributed by atoms with Gasteiger partial charge < -0.3 is 15.4 Å². The van der Waals surface area contributed by atoms with Crippen molar-refractivity contribution in [2.24, 2.45) is 4.99 Å². The summed E-state index contributed by atoms with van der Waals surface area (Å²) in [6, 6.07) is 19.4. The summed E-state index contributed by atoms with van der Waals surface area (Å²) in [5.41, 5.74) is 2.68. The largest absolute Gasteiger partial charge is 0.497 e. The van der Waals surface area contributed by atoms with Crippen LogP contribution >= 0.6 is 24.0 Å². The van der Waals surface area contributed by atoms with Crippen molar-refractivity contribution in [2.45, 2.75) is 31.7 Å². The second-order valence-corrected chi connectivity index (χ2v) is 6.36. The van der Waals surface area contributed by atoms with Gasteiger partial charge in [-0.2, -0.15) is 0 Å². The monoisotopic (exact) mass is 465 g/mol. The number of rotatable bonds is 7. The molecular weight excluding hydrogens is 437 g/mol. The summed E-state index contributed by atoms with van der Waals surface area (Å²) in [7, 11) is 1.69. The van der Waals surface area contributed by atoms with Gasteiger partial charge in [-0.15, -0.1) is 24.0 Å². The first-order chi connectivity index (χ1) is 12.3. The predicted molar refractivity (Wildman–Crippen MR) is 119 cm³/mol. The van der Waals surface area contributed by atoms with Crippen molar-refractivity contribution in [1.29, 1.82) is 0 Å². The molecule has 0 saturated heterocycles. The van der Waals surface area contributed by atoms with Gasteiger partial charge in [0.05, 0.1) is 7.11 Å². The molecule has 3 rings (SSSR count). The number of ether oxygens (including phenoxy) is 1. The molecule has 0 aromatic heterocycles. The van der Waals surface area contributed by atoms with Gasteiger partial charge in [0.1, 0.15) is 5.75 Å². The van der Waals surface area contributed by atoms with Crippen molar-refractivity contribution >= 4 is 29.9 Å². The maximum Gasteiger partial charge on any atom is 0.191 e. The molecule has 5 heteroatoms. The van der Waals surface area contributed by atoms with E-state index in [0.717, 1.165) is 31.2 Å². The van der Waals surface area contributed by atoms with Gasteiger partial charge >= 0.3 is 0 Å². The number of hydrogen-bond donors (Lipinski definition) is 2. The summed E-state index contributed by atoms with van der Waals surface area (Å²) in [4.78, 5) is 4.72. The molecule has 26 heavy (non-hydrogen) atoms. The van der Waals surface area contributed by atoms with Crippen LogP contribution in [0.4, 0.5) is 0 Å². The van der Waals surface area contributed by atoms with E-state index in [-0.39, 0.29) is 24.0 Å². The molecule has 2 unspecified atom stereocenters. The molecule has 0 spiro atoms. The lowest BCUT2D eigenvalue weighted by Gasteiger charge is -2.11. The Kier molecular flexibility index (Phi) is 8.22. The number of nitrogens with one attached hydrogen (secondary N) is 2. The van der Waals surface area contributed by atoms with E-state index in [1.807, 2.05) is 12.1 Å². The van der Waals surface area contributed by atoms with E-state index in [0.29, 0.717) is 12.0 Å². The number of guanidine groups is 1. The van der Waals surface area contributed by atoms with E-state index in [4.69, 9.17) is 9.73 Å². The Morgan fingerprint density at radius 2 is 1.85 bits per heavy atom. The molecule has 140 valence electrons. The Hall–Kier alpha value is -1.76. The van der Waals surface area contributed by atoms with Crippen molar-refractivity contribution in [3.8, 4) is 5.75 Å². The number of nitrogens with zero attached hydrogens (tertiary/aromatic N) is 1. The maximum absolute atomic E-state index is 5.19. The molecule has 2 aromatic rings. The minimum atomic E-state index is 0. The summed E-state index contributed by atoms with van der Waals surface area (Å²) >= 11 is 0. The SMILES string of the molecule is CCNC(=NCCc1ccc(OC)cc1)NC1CC1c1ccccc1.I. The van der Waals surface area contributed by atoms with Crippen molar-refractivity contribution in [3.63, 3.8) is 0 Å². The Bertz CT molecular complexity index is 688. The smallest absolute Gasteiger partial charge is 0.191 e. The van der Waals surface area contributed by atoms with E-state index >= 15 is 0 Å². The first-order valence-electron chi connectivity index (χ1n) is 9.03. The highest BCUT2D eigenvalue weighted by Crippen LogP contribution is 2.40. The van der Waals surface area contributed by atoms with Crippen molar-refractivity contribution in [2.75, 3.05) is 20.2 Å². The third-order valence-electron chi connectivity index (χ3n) is 4.51. The van der Waals surface area contributed by atoms with Gasteiger partial charge in [0.25, 0.3) is 0 Å². The lowest BCUT2D eigenvalue weighted by Crippen LogP contribution is -2.39. The van der Waals surface area contributed by atoms with Crippen LogP contribution in [0, 0.1) is 0 Å². The van der Waals surface area contributed by atoms with E-state index in [9.17, 15) is 0 Å². The van der Waals surface area contributed by atoms with Gasteiger partial charge in [0.2, 0.25) is 0 Å². The standard InChI is InChI=1S/C21H27N3O.HI/c1-3-22-21(23-14-13-16-9-11-18(25-2)12-10-16)24-20-15-19(20)17-7-5-4-6-8-17;/h4-12,19-20H,3,13-15H2,1-2H3,(H2,22,23,24);1H. The van der Waals surface area contributed by atoms with Crippen LogP contribution in [0.1, 0.15) is 30.4 Å². The lowest BCUT2D eigenvalue weighted by molar-refractivity contribution is 0.414. The van der Waals surface area contributed by atoms with E-state index in [1.165, 1.54) is 17.5 Å². The number of benzene rings is 2. The normalized spacial score (nSPS) is 18.6. The molecule has 1 aliphatic carbocycles. The summed E-state index contributed by atoms with van der Waals surface area (Å²) in [5, 5.41) is 6.91. The van der Waals surface area contributed by atoms with Crippen LogP contribution < -0.4 is 15.4 Å². The van der Waals surface area contributed by atoms with Crippen molar-refractivity contribution in [3.05, 3.63) is 65.7 Å². The van der Waals surface area contributed by atoms with Gasteiger partial charge in [-0.05, 0) is 43.0 Å². The van der Waals surface area contributed by atoms with Gasteiger partial charge in [0.15, 0.2) is 5.96 Å². The molecule has 1 saturated carbocycles. The van der Waals surface area contributed by atoms with E-state index < -0.39 is 0 Å². The molecule has 1 aliphatic rings. The summed E-state index contributed by atoms with van der Waals surface area (Å²) < 4.78 is 5.19. The summed E-state index contributed by atoms with van der Waals surface area (Å²) in [6.07, 6.45) is 2.10. The topological polar surface area (TPSA) is 45.7 Å². The first kappa shape index (κ1) is 20.6. The second kappa shape index (κ2) is 10.4. The van der Waals surface area contributed by atoms with Crippen LogP contribution in [-0.2, 0) is 6.42 Å². The van der Waals surface area contributed by atoms with Crippen LogP contribution in [0.25, 0.3) is 0 Å². The highest BCUT2D eigenvalue weighted by molar-refractivity contribution is 14.0. The molecule has 4 nitrogen and oxygen atoms in total. The molecule has 0 radical (unpaired) electrons. The highest BCUT2D eigenvalue weighted by atomic mass is 127. The van der Waals surface area contributed by atoms with Crippen molar-refractivity contribution < 1.29 is 4.74 Å². The zero-order valence-corrected chi connectivity index (χ0v) is 17.8. The highest BCUT2D eigenvalue weighted by Gasteiger charge is 2.38. The fraction of sp³-hybridized carbons (Fsp3) is 0.381. The number of halogens is 1. The first-order valence-corrected chi connectivity index (χ1v) is 9.03. The molecule has 0 aliphatic heterocycles. The minimum Gasteiger partial charge on any atom is -0.497 e. The number of aliphatic imine (C=N–C) groups is 1. The van der Waals surface area contributed by atoms with E-state index in [1.54, 1.807) is 7.11 Å². The summed E-state index contributed by atoms with van der Waals surface area (Å²) in [6.45, 7) is 3.74. The van der Waals surface area contributed by atoms with Crippen LogP contribution in [0.5, 0.6) is 5.75 Å². The third-order valence-corrected chi connectivity index (χ3v) is 4.51. The minimum absolute atomic E-state index is 0. The summed E-state index contributed by atoms with van der Waals surface area (Å²) in [5.74, 6) is 2.41. The van der Waals surface area contributed by atoms with Gasteiger partial charge in [-0.25, -0.2) is 0 Å². The Labute approximate surface area is 173 Å². The van der Waals surface area contributed by atoms with Crippen molar-refractivity contribution in [1.82, 2.24) is 10.6 Å². The third kappa shape index (κ3) is 5.90. The second-order valence-electron chi connectivity index (χ2n) is 6.36. The molecule has 2 N–H and O–H groups in total. The fourth-order valence-electron chi connectivity index (χ4n) is 3.01. The molecule has 2 aromatic carbocycles. The number of methoxy groups -OCH3 is 1. The zero-order chi connectivity index (χ0) is 17.5. The molecule has 0 amide bonds. The van der Waals surface area contributed by atoms with Crippen LogP contribution in [0.15, 0.2) is 59.6 Å². The molecule has 1 fully saturated rings. The quantitative estimate of drug-likeness (QED) is 0.370. The average molecular weight is 465 g/mol. The molecule has 0 heterocycles. The van der Waals surface area contributed by atoms with E-state index in [2.05, 4.69) is 60.0 Å². The van der Waals surface area contributed by atoms with Crippen LogP contribution in [-0.4, -0.2) is 32.2 Å². The van der Waals surface area contributed by atoms with Crippen LogP contribution in [0.2, 0.25) is 0 Å². The van der Waals surface area contributed by atoms with Crippen LogP contribution in [0.3, 0.4) is 0 Å². The molecular formula is C21H28IN3O. The Morgan fingerprint density at radius 3 is 2.50 bits per heavy atom. The average Bonchev–Trinajstić information content (AvgIpc) is 3.42. The Morgan fingerprint density at radius 1 is 1.12 bits per heavy atom. The zero-order valence-electron chi connectivity index (χ0n) is 15.4. The number of hydrogen-bond acceptors (Lipinski definition) is 2. The van der Waals surface area contributed by atoms with Gasteiger partial charge in [-0.3, -0.25) is 4.99 Å². The lowest BCUT2D eigenvalue weighted by atomic mass is 10.1. The fourth-order valence-corrected chi connectivity index (χ4v) is 3.01. The molecule has 0 bridgehead atoms. The predicted octanol–water partition coefficient (Wildman–Crippen LogP) is 3.97.